The Morgan fingerprint density at radius 1 is 1.43 bits per heavy atom. The summed E-state index contributed by atoms with van der Waals surface area (Å²) in [5.74, 6) is 0.551. The van der Waals surface area contributed by atoms with Crippen molar-refractivity contribution in [2.45, 2.75) is 45.9 Å². The van der Waals surface area contributed by atoms with Gasteiger partial charge in [-0.1, -0.05) is 13.8 Å². The topological polar surface area (TPSA) is 56.6 Å². The normalized spacial score (nSPS) is 14.9. The molecule has 0 aromatic rings. The lowest BCUT2D eigenvalue weighted by molar-refractivity contribution is -0.114. The van der Waals surface area contributed by atoms with Crippen molar-refractivity contribution in [2.75, 3.05) is 13.7 Å². The number of hydrogen-bond acceptors (Lipinski definition) is 3. The lowest BCUT2D eigenvalue weighted by Crippen LogP contribution is -2.46. The lowest BCUT2D eigenvalue weighted by atomic mass is 10.1. The second-order valence-electron chi connectivity index (χ2n) is 3.19. The van der Waals surface area contributed by atoms with Gasteiger partial charge in [-0.15, -0.1) is 0 Å². The molecule has 0 aromatic carbocycles. The van der Waals surface area contributed by atoms with Gasteiger partial charge in [0, 0.05) is 20.1 Å². The molecule has 2 atom stereocenters. The van der Waals surface area contributed by atoms with Crippen molar-refractivity contribution in [2.24, 2.45) is 0 Å². The number of rotatable bonds is 6. The van der Waals surface area contributed by atoms with E-state index in [-0.39, 0.29) is 6.04 Å². The summed E-state index contributed by atoms with van der Waals surface area (Å²) in [5, 5.41) is 17.4. The van der Waals surface area contributed by atoms with Gasteiger partial charge in [0.25, 0.3) is 0 Å². The predicted octanol–water partition coefficient (Wildman–Crippen LogP) is 1.44. The van der Waals surface area contributed by atoms with E-state index < -0.39 is 6.29 Å². The van der Waals surface area contributed by atoms with Crippen LogP contribution in [0.1, 0.15) is 33.6 Å². The third-order valence-corrected chi connectivity index (χ3v) is 2.41. The minimum Gasteiger partial charge on any atom is -0.366 e. The Bertz CT molecular complexity index is 174. The summed E-state index contributed by atoms with van der Waals surface area (Å²) in [6.07, 6.45) is 0.637. The molecule has 0 heterocycles. The first-order valence-corrected chi connectivity index (χ1v) is 5.17. The smallest absolute Gasteiger partial charge is 0.174 e. The molecule has 0 fully saturated rings. The number of nitrogens with one attached hydrogen (secondary N) is 1. The van der Waals surface area contributed by atoms with E-state index in [1.165, 1.54) is 7.11 Å². The molecule has 0 rings (SSSR count). The molecule has 0 bridgehead atoms. The minimum atomic E-state index is -0.813. The molecular formula is C10H22N2O2. The van der Waals surface area contributed by atoms with Gasteiger partial charge >= 0.3 is 0 Å². The third kappa shape index (κ3) is 3.27. The van der Waals surface area contributed by atoms with Crippen molar-refractivity contribution >= 4 is 5.84 Å². The zero-order chi connectivity index (χ0) is 11.1. The van der Waals surface area contributed by atoms with Crippen LogP contribution in [0, 0.1) is 5.41 Å². The van der Waals surface area contributed by atoms with Gasteiger partial charge in [0.2, 0.25) is 0 Å². The van der Waals surface area contributed by atoms with Crippen LogP contribution in [0.3, 0.4) is 0 Å². The Morgan fingerprint density at radius 2 is 2.00 bits per heavy atom. The van der Waals surface area contributed by atoms with Crippen molar-refractivity contribution in [3.05, 3.63) is 0 Å². The van der Waals surface area contributed by atoms with Gasteiger partial charge in [-0.05, 0) is 13.3 Å². The van der Waals surface area contributed by atoms with Gasteiger partial charge < -0.3 is 14.7 Å². The molecule has 0 amide bonds. The van der Waals surface area contributed by atoms with E-state index in [4.69, 9.17) is 10.1 Å². The summed E-state index contributed by atoms with van der Waals surface area (Å²) in [5.41, 5.74) is 0. The van der Waals surface area contributed by atoms with Gasteiger partial charge in [0.05, 0.1) is 11.9 Å². The summed E-state index contributed by atoms with van der Waals surface area (Å²) in [4.78, 5) is 1.88. The number of methoxy groups -OCH3 is 1. The fraction of sp³-hybridized carbons (Fsp3) is 0.900. The van der Waals surface area contributed by atoms with Gasteiger partial charge in [-0.2, -0.15) is 0 Å². The van der Waals surface area contributed by atoms with Crippen LogP contribution in [0.5, 0.6) is 0 Å². The quantitative estimate of drug-likeness (QED) is 0.389. The van der Waals surface area contributed by atoms with E-state index in [0.29, 0.717) is 12.3 Å². The Balaban J connectivity index is 4.51. The molecule has 0 radical (unpaired) electrons. The Kier molecular flexibility index (Phi) is 6.49. The summed E-state index contributed by atoms with van der Waals surface area (Å²) in [6.45, 7) is 6.64. The largest absolute Gasteiger partial charge is 0.366 e. The molecule has 14 heavy (non-hydrogen) atoms. The van der Waals surface area contributed by atoms with E-state index in [0.717, 1.165) is 13.0 Å². The minimum absolute atomic E-state index is 0.113. The van der Waals surface area contributed by atoms with Crippen molar-refractivity contribution in [1.82, 2.24) is 4.90 Å². The molecule has 1 unspecified atom stereocenters. The van der Waals surface area contributed by atoms with Gasteiger partial charge in [0.1, 0.15) is 0 Å². The van der Waals surface area contributed by atoms with Crippen molar-refractivity contribution in [3.8, 4) is 0 Å². The molecule has 84 valence electrons. The van der Waals surface area contributed by atoms with Crippen LogP contribution in [0.25, 0.3) is 0 Å². The molecule has 4 heteroatoms. The summed E-state index contributed by atoms with van der Waals surface area (Å²) in [7, 11) is 1.48. The standard InChI is InChI=1S/C10H22N2O2/c1-5-8(10(13)14-4)12(7-3)9(11)6-2/h8,10-11,13H,5-7H2,1-4H3/t8-,10?/m0/s1. The van der Waals surface area contributed by atoms with Gasteiger partial charge in [0.15, 0.2) is 6.29 Å². The highest BCUT2D eigenvalue weighted by molar-refractivity contribution is 5.79. The second kappa shape index (κ2) is 6.79. The van der Waals surface area contributed by atoms with E-state index in [9.17, 15) is 5.11 Å². The maximum absolute atomic E-state index is 9.60. The molecule has 0 aliphatic rings. The average molecular weight is 202 g/mol. The van der Waals surface area contributed by atoms with Crippen molar-refractivity contribution in [3.63, 3.8) is 0 Å². The number of hydrogen-bond donors (Lipinski definition) is 2. The van der Waals surface area contributed by atoms with E-state index in [1.807, 2.05) is 25.7 Å². The number of ether oxygens (including phenoxy) is 1. The van der Waals surface area contributed by atoms with E-state index >= 15 is 0 Å². The molecule has 0 saturated carbocycles. The van der Waals surface area contributed by atoms with Crippen LogP contribution >= 0.6 is 0 Å². The Morgan fingerprint density at radius 3 is 2.29 bits per heavy atom. The van der Waals surface area contributed by atoms with Crippen LogP contribution in [0.2, 0.25) is 0 Å². The summed E-state index contributed by atoms with van der Waals surface area (Å²) >= 11 is 0. The Labute approximate surface area is 86.4 Å². The highest BCUT2D eigenvalue weighted by atomic mass is 16.6. The average Bonchev–Trinajstić information content (AvgIpc) is 2.23. The lowest BCUT2D eigenvalue weighted by Gasteiger charge is -2.34. The maximum Gasteiger partial charge on any atom is 0.174 e. The van der Waals surface area contributed by atoms with Crippen LogP contribution in [0.15, 0.2) is 0 Å². The fourth-order valence-electron chi connectivity index (χ4n) is 1.56. The molecule has 4 nitrogen and oxygen atoms in total. The maximum atomic E-state index is 9.60. The van der Waals surface area contributed by atoms with Crippen LogP contribution in [-0.2, 0) is 4.74 Å². The van der Waals surface area contributed by atoms with Crippen LogP contribution in [-0.4, -0.2) is 41.8 Å². The number of aliphatic hydroxyl groups excluding tert-OH is 1. The molecule has 2 N–H and O–H groups in total. The van der Waals surface area contributed by atoms with E-state index in [2.05, 4.69) is 0 Å². The number of nitrogens with zero attached hydrogens (tertiary/aromatic N) is 1. The number of amidine groups is 1. The Hall–Kier alpha value is -0.610. The van der Waals surface area contributed by atoms with Crippen LogP contribution < -0.4 is 0 Å². The van der Waals surface area contributed by atoms with Gasteiger partial charge in [-0.25, -0.2) is 0 Å². The van der Waals surface area contributed by atoms with Gasteiger partial charge in [-0.3, -0.25) is 5.41 Å². The first kappa shape index (κ1) is 13.4. The fourth-order valence-corrected chi connectivity index (χ4v) is 1.56. The number of likely N-dealkylation sites (N-methyl/N-ethyl adjacent to an activating group) is 1. The predicted molar refractivity (Wildman–Crippen MR) is 57.5 cm³/mol. The van der Waals surface area contributed by atoms with E-state index in [1.54, 1.807) is 0 Å². The number of aliphatic hydroxyl groups is 1. The van der Waals surface area contributed by atoms with Crippen molar-refractivity contribution < 1.29 is 9.84 Å². The SMILES string of the molecule is CCC(=N)N(CC)[C@@H](CC)C(O)OC. The molecule has 0 aromatic heterocycles. The van der Waals surface area contributed by atoms with Crippen LogP contribution in [0.4, 0.5) is 0 Å². The first-order valence-electron chi connectivity index (χ1n) is 5.17. The zero-order valence-electron chi connectivity index (χ0n) is 9.58. The zero-order valence-corrected chi connectivity index (χ0v) is 9.58. The monoisotopic (exact) mass is 202 g/mol. The molecule has 0 spiro atoms. The summed E-state index contributed by atoms with van der Waals surface area (Å²) < 4.78 is 4.90. The molecular weight excluding hydrogens is 180 g/mol. The third-order valence-electron chi connectivity index (χ3n) is 2.41. The summed E-state index contributed by atoms with van der Waals surface area (Å²) in [6, 6.07) is -0.113. The molecule has 0 aliphatic heterocycles. The second-order valence-corrected chi connectivity index (χ2v) is 3.19. The van der Waals surface area contributed by atoms with Crippen molar-refractivity contribution in [1.29, 1.82) is 5.41 Å². The highest BCUT2D eigenvalue weighted by Gasteiger charge is 2.24. The first-order chi connectivity index (χ1) is 6.62. The molecule has 0 aliphatic carbocycles. The molecule has 0 saturated heterocycles. The highest BCUT2D eigenvalue weighted by Crippen LogP contribution is 2.11.